The van der Waals surface area contributed by atoms with E-state index in [-0.39, 0.29) is 18.3 Å². The van der Waals surface area contributed by atoms with Gasteiger partial charge in [0, 0.05) is 0 Å². The second kappa shape index (κ2) is 3.95. The molecule has 0 bridgehead atoms. The van der Waals surface area contributed by atoms with Gasteiger partial charge in [-0.2, -0.15) is 0 Å². The van der Waals surface area contributed by atoms with Crippen molar-refractivity contribution in [3.8, 4) is 0 Å². The van der Waals surface area contributed by atoms with Crippen molar-refractivity contribution in [1.29, 1.82) is 0 Å². The first kappa shape index (κ1) is 12.8. The maximum absolute atomic E-state index is 5.94. The van der Waals surface area contributed by atoms with Crippen LogP contribution in [0.2, 0.25) is 0 Å². The Kier molecular flexibility index (Phi) is 3.37. The Labute approximate surface area is 94.2 Å². The largest absolute Gasteiger partial charge is 0.489 e. The minimum Gasteiger partial charge on any atom is -0.400 e. The summed E-state index contributed by atoms with van der Waals surface area (Å²) in [5.41, 5.74) is 0.705. The lowest BCUT2D eigenvalue weighted by Crippen LogP contribution is -2.41. The van der Waals surface area contributed by atoms with E-state index >= 15 is 0 Å². The molecule has 0 aromatic carbocycles. The highest BCUT2D eigenvalue weighted by Gasteiger charge is 2.51. The second-order valence-corrected chi connectivity index (χ2v) is 5.74. The van der Waals surface area contributed by atoms with Crippen LogP contribution in [0.15, 0.2) is 11.5 Å². The van der Waals surface area contributed by atoms with E-state index in [4.69, 9.17) is 9.31 Å². The van der Waals surface area contributed by atoms with Crippen LogP contribution in [0.25, 0.3) is 0 Å². The third-order valence-corrected chi connectivity index (χ3v) is 3.22. The molecule has 15 heavy (non-hydrogen) atoms. The van der Waals surface area contributed by atoms with Crippen molar-refractivity contribution < 1.29 is 9.31 Å². The maximum Gasteiger partial charge on any atom is 0.489 e. The van der Waals surface area contributed by atoms with E-state index in [2.05, 4.69) is 54.5 Å². The van der Waals surface area contributed by atoms with Crippen LogP contribution in [-0.4, -0.2) is 18.3 Å². The molecule has 3 heteroatoms. The maximum atomic E-state index is 5.94. The van der Waals surface area contributed by atoms with Gasteiger partial charge in [0.1, 0.15) is 0 Å². The summed E-state index contributed by atoms with van der Waals surface area (Å²) in [5.74, 6) is 0.532. The molecule has 1 fully saturated rings. The van der Waals surface area contributed by atoms with Gasteiger partial charge < -0.3 is 9.31 Å². The fourth-order valence-corrected chi connectivity index (χ4v) is 1.63. The monoisotopic (exact) mass is 210 g/mol. The van der Waals surface area contributed by atoms with Crippen LogP contribution in [0.5, 0.6) is 0 Å². The van der Waals surface area contributed by atoms with E-state index < -0.39 is 0 Å². The summed E-state index contributed by atoms with van der Waals surface area (Å²) in [6.45, 7) is 14.7. The lowest BCUT2D eigenvalue weighted by Gasteiger charge is -2.32. The van der Waals surface area contributed by atoms with E-state index in [1.54, 1.807) is 0 Å². The molecule has 2 nitrogen and oxygen atoms in total. The van der Waals surface area contributed by atoms with Gasteiger partial charge in [-0.25, -0.2) is 0 Å². The van der Waals surface area contributed by atoms with E-state index in [9.17, 15) is 0 Å². The van der Waals surface area contributed by atoms with Gasteiger partial charge in [-0.3, -0.25) is 0 Å². The summed E-state index contributed by atoms with van der Waals surface area (Å²) in [6, 6.07) is 0. The Bertz CT molecular complexity index is 251. The molecule has 0 amide bonds. The van der Waals surface area contributed by atoms with Gasteiger partial charge in [-0.15, -0.1) is 0 Å². The smallest absolute Gasteiger partial charge is 0.400 e. The highest BCUT2D eigenvalue weighted by molar-refractivity contribution is 6.54. The SMILES string of the molecule is CC(=CC(C)C)B1OC(C)(C)C(C)(C)O1. The summed E-state index contributed by atoms with van der Waals surface area (Å²) >= 11 is 0. The van der Waals surface area contributed by atoms with Gasteiger partial charge in [0.05, 0.1) is 11.2 Å². The van der Waals surface area contributed by atoms with E-state index in [1.165, 1.54) is 5.47 Å². The molecule has 1 rings (SSSR count). The zero-order valence-corrected chi connectivity index (χ0v) is 11.0. The van der Waals surface area contributed by atoms with Crippen molar-refractivity contribution in [1.82, 2.24) is 0 Å². The van der Waals surface area contributed by atoms with Crippen LogP contribution in [0.3, 0.4) is 0 Å². The highest BCUT2D eigenvalue weighted by Crippen LogP contribution is 2.38. The van der Waals surface area contributed by atoms with Gasteiger partial charge in [-0.1, -0.05) is 19.9 Å². The van der Waals surface area contributed by atoms with Crippen molar-refractivity contribution in [2.24, 2.45) is 5.92 Å². The van der Waals surface area contributed by atoms with Crippen LogP contribution >= 0.6 is 0 Å². The molecule has 0 aromatic heterocycles. The molecule has 0 saturated carbocycles. The van der Waals surface area contributed by atoms with Crippen LogP contribution in [0.4, 0.5) is 0 Å². The molecule has 1 aliphatic rings. The molecule has 0 aliphatic carbocycles. The molecule has 0 N–H and O–H groups in total. The molecule has 0 unspecified atom stereocenters. The summed E-state index contributed by atoms with van der Waals surface area (Å²) in [4.78, 5) is 0. The molecular weight excluding hydrogens is 187 g/mol. The molecule has 1 aliphatic heterocycles. The molecule has 0 radical (unpaired) electrons. The van der Waals surface area contributed by atoms with E-state index in [1.807, 2.05) is 0 Å². The van der Waals surface area contributed by atoms with Crippen LogP contribution < -0.4 is 0 Å². The third-order valence-electron chi connectivity index (χ3n) is 3.22. The standard InChI is InChI=1S/C12H23BO2/c1-9(2)8-10(3)13-14-11(4,5)12(6,7)15-13/h8-9H,1-7H3. The summed E-state index contributed by atoms with van der Waals surface area (Å²) in [7, 11) is -0.183. The Morgan fingerprint density at radius 2 is 1.47 bits per heavy atom. The zero-order valence-electron chi connectivity index (χ0n) is 11.0. The van der Waals surface area contributed by atoms with Gasteiger partial charge in [0.2, 0.25) is 0 Å². The van der Waals surface area contributed by atoms with Crippen molar-refractivity contribution in [3.63, 3.8) is 0 Å². The number of hydrogen-bond acceptors (Lipinski definition) is 2. The first-order valence-corrected chi connectivity index (χ1v) is 5.70. The quantitative estimate of drug-likeness (QED) is 0.651. The van der Waals surface area contributed by atoms with Crippen LogP contribution in [-0.2, 0) is 9.31 Å². The molecular formula is C12H23BO2. The van der Waals surface area contributed by atoms with Gasteiger partial charge in [0.25, 0.3) is 0 Å². The number of hydrogen-bond donors (Lipinski definition) is 0. The Morgan fingerprint density at radius 1 is 1.07 bits per heavy atom. The average molecular weight is 210 g/mol. The van der Waals surface area contributed by atoms with Crippen molar-refractivity contribution in [2.45, 2.75) is 59.7 Å². The number of allylic oxidation sites excluding steroid dienone is 2. The Hall–Kier alpha value is -0.275. The van der Waals surface area contributed by atoms with E-state index in [0.29, 0.717) is 5.92 Å². The lowest BCUT2D eigenvalue weighted by atomic mass is 9.78. The van der Waals surface area contributed by atoms with Gasteiger partial charge in [0.15, 0.2) is 0 Å². The topological polar surface area (TPSA) is 18.5 Å². The van der Waals surface area contributed by atoms with Crippen LogP contribution in [0, 0.1) is 5.92 Å². The molecule has 0 atom stereocenters. The minimum absolute atomic E-state index is 0.183. The predicted octanol–water partition coefficient (Wildman–Crippen LogP) is 3.22. The zero-order chi connectivity index (χ0) is 11.9. The third kappa shape index (κ3) is 2.64. The molecule has 0 spiro atoms. The van der Waals surface area contributed by atoms with Crippen molar-refractivity contribution in [3.05, 3.63) is 11.5 Å². The minimum atomic E-state index is -0.232. The van der Waals surface area contributed by atoms with E-state index in [0.717, 1.165) is 0 Å². The molecule has 86 valence electrons. The Morgan fingerprint density at radius 3 is 1.80 bits per heavy atom. The normalized spacial score (nSPS) is 25.1. The molecule has 1 saturated heterocycles. The molecule has 0 aromatic rings. The Balaban J connectivity index is 2.79. The highest BCUT2D eigenvalue weighted by atomic mass is 16.7. The first-order valence-electron chi connectivity index (χ1n) is 5.70. The lowest BCUT2D eigenvalue weighted by molar-refractivity contribution is 0.00578. The summed E-state index contributed by atoms with van der Waals surface area (Å²) in [6.07, 6.45) is 2.20. The van der Waals surface area contributed by atoms with Crippen molar-refractivity contribution in [2.75, 3.05) is 0 Å². The second-order valence-electron chi connectivity index (χ2n) is 5.74. The fraction of sp³-hybridized carbons (Fsp3) is 0.833. The first-order chi connectivity index (χ1) is 6.66. The average Bonchev–Trinajstić information content (AvgIpc) is 2.20. The number of rotatable bonds is 2. The van der Waals surface area contributed by atoms with Crippen molar-refractivity contribution >= 4 is 7.12 Å². The van der Waals surface area contributed by atoms with Crippen LogP contribution in [0.1, 0.15) is 48.5 Å². The molecule has 1 heterocycles. The van der Waals surface area contributed by atoms with Gasteiger partial charge >= 0.3 is 7.12 Å². The predicted molar refractivity (Wildman–Crippen MR) is 64.7 cm³/mol. The fourth-order valence-electron chi connectivity index (χ4n) is 1.63. The summed E-state index contributed by atoms with van der Waals surface area (Å²) in [5, 5.41) is 0. The van der Waals surface area contributed by atoms with Gasteiger partial charge in [-0.05, 0) is 46.0 Å². The summed E-state index contributed by atoms with van der Waals surface area (Å²) < 4.78 is 11.9.